The Morgan fingerprint density at radius 1 is 0.833 bits per heavy atom. The number of hydrogen-bond donors (Lipinski definition) is 1. The molecule has 3 rings (SSSR count). The standard InChI is InChI=1S/C28H36N2O12/c1-14(31)29-10-9-20-12-30(23-8-7-21(11-22(20)23)38-16(3)33)28-27(41-19(6)36)26(40-18(5)35)25(39-17(4)34)24(42-28)13-37-15(2)32/h7-8,11,20,24-28H,9-10,12-13H2,1-6H3,(H,29,31). The van der Waals surface area contributed by atoms with E-state index >= 15 is 0 Å². The first-order valence-corrected chi connectivity index (χ1v) is 13.4. The van der Waals surface area contributed by atoms with Crippen molar-refractivity contribution in [2.24, 2.45) is 0 Å². The van der Waals surface area contributed by atoms with Crippen LogP contribution in [-0.4, -0.2) is 86.1 Å². The molecule has 0 aliphatic carbocycles. The molecule has 2 aliphatic heterocycles. The van der Waals surface area contributed by atoms with Crippen molar-refractivity contribution in [3.63, 3.8) is 0 Å². The number of amides is 1. The Hall–Kier alpha value is -4.20. The van der Waals surface area contributed by atoms with Gasteiger partial charge in [0.05, 0.1) is 0 Å². The van der Waals surface area contributed by atoms with E-state index in [1.165, 1.54) is 27.7 Å². The summed E-state index contributed by atoms with van der Waals surface area (Å²) in [4.78, 5) is 73.1. The zero-order valence-electron chi connectivity index (χ0n) is 24.4. The Balaban J connectivity index is 2.09. The number of nitrogens with zero attached hydrogens (tertiary/aromatic N) is 1. The van der Waals surface area contributed by atoms with E-state index in [1.54, 1.807) is 23.1 Å². The molecule has 2 heterocycles. The number of ether oxygens (including phenoxy) is 6. The van der Waals surface area contributed by atoms with Gasteiger partial charge in [0.1, 0.15) is 18.5 Å². The van der Waals surface area contributed by atoms with E-state index in [2.05, 4.69) is 5.32 Å². The number of benzene rings is 1. The quantitative estimate of drug-likeness (QED) is 0.233. The lowest BCUT2D eigenvalue weighted by Gasteiger charge is -2.47. The zero-order chi connectivity index (χ0) is 31.1. The molecule has 14 nitrogen and oxygen atoms in total. The highest BCUT2D eigenvalue weighted by Gasteiger charge is 2.55. The topological polar surface area (TPSA) is 173 Å². The van der Waals surface area contributed by atoms with Crippen molar-refractivity contribution >= 4 is 41.4 Å². The number of rotatable bonds is 10. The minimum Gasteiger partial charge on any atom is -0.463 e. The van der Waals surface area contributed by atoms with E-state index in [0.717, 1.165) is 19.4 Å². The van der Waals surface area contributed by atoms with Gasteiger partial charge in [0.2, 0.25) is 5.91 Å². The van der Waals surface area contributed by atoms with Gasteiger partial charge in [0, 0.05) is 66.2 Å². The molecule has 1 N–H and O–H groups in total. The molecule has 2 aliphatic rings. The summed E-state index contributed by atoms with van der Waals surface area (Å²) in [5.41, 5.74) is 1.41. The van der Waals surface area contributed by atoms with Crippen LogP contribution in [0.5, 0.6) is 5.75 Å². The lowest BCUT2D eigenvalue weighted by molar-refractivity contribution is -0.252. The second-order valence-corrected chi connectivity index (χ2v) is 10.0. The molecule has 6 atom stereocenters. The van der Waals surface area contributed by atoms with Gasteiger partial charge in [-0.05, 0) is 30.2 Å². The predicted octanol–water partition coefficient (Wildman–Crippen LogP) is 1.12. The van der Waals surface area contributed by atoms with Crippen molar-refractivity contribution in [3.05, 3.63) is 23.8 Å². The zero-order valence-corrected chi connectivity index (χ0v) is 24.4. The van der Waals surface area contributed by atoms with Gasteiger partial charge in [-0.3, -0.25) is 28.8 Å². The molecular formula is C28H36N2O12. The van der Waals surface area contributed by atoms with Gasteiger partial charge in [0.15, 0.2) is 24.5 Å². The number of carbonyl (C=O) groups excluding carboxylic acids is 6. The summed E-state index contributed by atoms with van der Waals surface area (Å²) in [5.74, 6) is -3.37. The molecule has 0 aromatic heterocycles. The molecule has 0 radical (unpaired) electrons. The molecule has 14 heteroatoms. The Labute approximate surface area is 242 Å². The third-order valence-corrected chi connectivity index (χ3v) is 6.57. The second kappa shape index (κ2) is 14.1. The fraction of sp³-hybridized carbons (Fsp3) is 0.571. The van der Waals surface area contributed by atoms with Crippen LogP contribution in [0.25, 0.3) is 0 Å². The lowest BCUT2D eigenvalue weighted by atomic mass is 9.96. The smallest absolute Gasteiger partial charge is 0.308 e. The van der Waals surface area contributed by atoms with E-state index in [1.807, 2.05) is 0 Å². The van der Waals surface area contributed by atoms with E-state index in [0.29, 0.717) is 30.9 Å². The molecule has 42 heavy (non-hydrogen) atoms. The molecule has 1 fully saturated rings. The van der Waals surface area contributed by atoms with Crippen LogP contribution in [0.15, 0.2) is 18.2 Å². The normalized spacial score (nSPS) is 24.6. The third kappa shape index (κ3) is 8.41. The van der Waals surface area contributed by atoms with Crippen LogP contribution in [0.2, 0.25) is 0 Å². The van der Waals surface area contributed by atoms with Gasteiger partial charge >= 0.3 is 29.8 Å². The number of esters is 5. The maximum absolute atomic E-state index is 12.3. The summed E-state index contributed by atoms with van der Waals surface area (Å²) >= 11 is 0. The van der Waals surface area contributed by atoms with Crippen LogP contribution >= 0.6 is 0 Å². The highest BCUT2D eigenvalue weighted by atomic mass is 16.7. The van der Waals surface area contributed by atoms with Crippen molar-refractivity contribution in [1.29, 1.82) is 0 Å². The Morgan fingerprint density at radius 3 is 2.02 bits per heavy atom. The van der Waals surface area contributed by atoms with Gasteiger partial charge in [-0.1, -0.05) is 0 Å². The Bertz CT molecular complexity index is 1220. The largest absolute Gasteiger partial charge is 0.463 e. The number of anilines is 1. The average Bonchev–Trinajstić information content (AvgIpc) is 3.21. The highest BCUT2D eigenvalue weighted by Crippen LogP contribution is 2.44. The molecule has 1 saturated heterocycles. The van der Waals surface area contributed by atoms with Crippen molar-refractivity contribution < 1.29 is 57.2 Å². The Morgan fingerprint density at radius 2 is 1.45 bits per heavy atom. The van der Waals surface area contributed by atoms with E-state index in [4.69, 9.17) is 28.4 Å². The predicted molar refractivity (Wildman–Crippen MR) is 143 cm³/mol. The van der Waals surface area contributed by atoms with Crippen LogP contribution in [0.3, 0.4) is 0 Å². The molecule has 0 spiro atoms. The molecule has 1 aromatic carbocycles. The van der Waals surface area contributed by atoms with Crippen molar-refractivity contribution in [3.8, 4) is 5.75 Å². The average molecular weight is 593 g/mol. The molecule has 6 unspecified atom stereocenters. The molecule has 1 amide bonds. The summed E-state index contributed by atoms with van der Waals surface area (Å²) in [5, 5.41) is 2.77. The van der Waals surface area contributed by atoms with Gasteiger partial charge in [0.25, 0.3) is 0 Å². The number of fused-ring (bicyclic) bond motifs is 1. The van der Waals surface area contributed by atoms with E-state index in [-0.39, 0.29) is 18.4 Å². The van der Waals surface area contributed by atoms with Gasteiger partial charge in [-0.15, -0.1) is 0 Å². The van der Waals surface area contributed by atoms with Gasteiger partial charge in [-0.2, -0.15) is 0 Å². The van der Waals surface area contributed by atoms with E-state index < -0.39 is 60.5 Å². The van der Waals surface area contributed by atoms with Crippen LogP contribution in [0, 0.1) is 0 Å². The van der Waals surface area contributed by atoms with Crippen LogP contribution in [0.1, 0.15) is 59.4 Å². The second-order valence-electron chi connectivity index (χ2n) is 10.0. The minimum absolute atomic E-state index is 0.196. The summed E-state index contributed by atoms with van der Waals surface area (Å²) in [7, 11) is 0. The van der Waals surface area contributed by atoms with Crippen LogP contribution in [-0.2, 0) is 52.5 Å². The SMILES string of the molecule is CC(=O)NCCC1CN(C2OC(COC(C)=O)C(OC(C)=O)C(OC(C)=O)C2OC(C)=O)c2ccc(OC(C)=O)cc21. The summed E-state index contributed by atoms with van der Waals surface area (Å²) in [6.45, 7) is 7.66. The summed E-state index contributed by atoms with van der Waals surface area (Å²) in [6.07, 6.45) is -5.60. The number of hydrogen-bond acceptors (Lipinski definition) is 13. The molecule has 230 valence electrons. The highest BCUT2D eigenvalue weighted by molar-refractivity contribution is 5.73. The maximum atomic E-state index is 12.3. The minimum atomic E-state index is -1.32. The number of carbonyl (C=O) groups is 6. The molecule has 0 bridgehead atoms. The lowest BCUT2D eigenvalue weighted by Crippen LogP contribution is -2.66. The van der Waals surface area contributed by atoms with Crippen molar-refractivity contribution in [1.82, 2.24) is 5.32 Å². The maximum Gasteiger partial charge on any atom is 0.308 e. The fourth-order valence-electron chi connectivity index (χ4n) is 5.15. The van der Waals surface area contributed by atoms with Crippen LogP contribution in [0.4, 0.5) is 5.69 Å². The fourth-order valence-corrected chi connectivity index (χ4v) is 5.15. The Kier molecular flexibility index (Phi) is 10.9. The van der Waals surface area contributed by atoms with Crippen molar-refractivity contribution in [2.75, 3.05) is 24.6 Å². The van der Waals surface area contributed by atoms with E-state index in [9.17, 15) is 28.8 Å². The number of nitrogens with one attached hydrogen (secondary N) is 1. The van der Waals surface area contributed by atoms with Crippen molar-refractivity contribution in [2.45, 2.75) is 84.5 Å². The third-order valence-electron chi connectivity index (χ3n) is 6.57. The molecule has 1 aromatic rings. The molecular weight excluding hydrogens is 556 g/mol. The summed E-state index contributed by atoms with van der Waals surface area (Å²) < 4.78 is 33.5. The van der Waals surface area contributed by atoms with Gasteiger partial charge in [-0.25, -0.2) is 0 Å². The van der Waals surface area contributed by atoms with Gasteiger partial charge < -0.3 is 38.6 Å². The summed E-state index contributed by atoms with van der Waals surface area (Å²) in [6, 6.07) is 5.01. The van der Waals surface area contributed by atoms with Crippen LogP contribution < -0.4 is 15.0 Å². The molecule has 0 saturated carbocycles. The first-order chi connectivity index (χ1) is 19.8. The first-order valence-electron chi connectivity index (χ1n) is 13.4. The monoisotopic (exact) mass is 592 g/mol. The first kappa shape index (κ1) is 32.3.